The van der Waals surface area contributed by atoms with Gasteiger partial charge >= 0.3 is 5.63 Å². The Labute approximate surface area is 95.0 Å². The molecule has 88 valence electrons. The summed E-state index contributed by atoms with van der Waals surface area (Å²) in [4.78, 5) is 21.8. The van der Waals surface area contributed by atoms with Crippen molar-refractivity contribution < 1.29 is 9.45 Å². The highest BCUT2D eigenvalue weighted by atomic mass is 16.6. The zero-order valence-electron chi connectivity index (χ0n) is 8.89. The number of nitrogens with zero attached hydrogens (tertiary/aromatic N) is 1. The van der Waals surface area contributed by atoms with E-state index in [1.54, 1.807) is 13.0 Å². The second-order valence-electron chi connectivity index (χ2n) is 3.56. The van der Waals surface area contributed by atoms with Gasteiger partial charge in [0.2, 0.25) is 0 Å². The smallest absolute Gasteiger partial charge is 0.367 e. The number of anilines is 1. The molecule has 0 aliphatic carbocycles. The van der Waals surface area contributed by atoms with Crippen molar-refractivity contribution in [3.05, 3.63) is 44.3 Å². The van der Waals surface area contributed by atoms with Gasteiger partial charge in [-0.25, -0.2) is 9.95 Å². The summed E-state index contributed by atoms with van der Waals surface area (Å²) < 4.78 is 4.49. The first kappa shape index (κ1) is 10.9. The molecule has 7 heteroatoms. The van der Waals surface area contributed by atoms with E-state index in [4.69, 9.17) is 5.73 Å². The van der Waals surface area contributed by atoms with E-state index < -0.39 is 10.5 Å². The van der Waals surface area contributed by atoms with Crippen LogP contribution in [0.1, 0.15) is 5.56 Å². The molecule has 0 aliphatic rings. The van der Waals surface area contributed by atoms with E-state index in [2.05, 4.69) is 9.68 Å². The molecule has 0 amide bonds. The highest BCUT2D eigenvalue weighted by molar-refractivity contribution is 5.79. The third-order valence-electron chi connectivity index (χ3n) is 2.35. The molecule has 0 atom stereocenters. The fraction of sp³-hybridized carbons (Fsp3) is 0.100. The Bertz CT molecular complexity index is 641. The van der Waals surface area contributed by atoms with Gasteiger partial charge in [-0.1, -0.05) is 6.07 Å². The minimum absolute atomic E-state index is 0.0169. The lowest BCUT2D eigenvalue weighted by atomic mass is 10.0. The van der Waals surface area contributed by atoms with Crippen LogP contribution in [0.3, 0.4) is 0 Å². The lowest BCUT2D eigenvalue weighted by Crippen LogP contribution is -2.02. The van der Waals surface area contributed by atoms with Crippen LogP contribution in [0.15, 0.2) is 27.5 Å². The molecule has 0 unspecified atom stereocenters. The molecular weight excluding hydrogens is 226 g/mol. The molecule has 2 rings (SSSR count). The molecule has 2 aromatic rings. The van der Waals surface area contributed by atoms with Gasteiger partial charge in [0, 0.05) is 6.07 Å². The summed E-state index contributed by atoms with van der Waals surface area (Å²) in [5.41, 5.74) is 5.45. The number of aromatic nitrogens is 1. The summed E-state index contributed by atoms with van der Waals surface area (Å²) in [7, 11) is 0. The van der Waals surface area contributed by atoms with Gasteiger partial charge in [0.05, 0.1) is 10.5 Å². The molecule has 1 heterocycles. The predicted molar refractivity (Wildman–Crippen MR) is 60.6 cm³/mol. The van der Waals surface area contributed by atoms with Crippen molar-refractivity contribution in [2.45, 2.75) is 6.92 Å². The van der Waals surface area contributed by atoms with Gasteiger partial charge in [-0.2, -0.15) is 0 Å². The number of nitrogens with one attached hydrogen (secondary N) is 1. The molecule has 0 saturated carbocycles. The Balaban J connectivity index is 2.76. The zero-order valence-corrected chi connectivity index (χ0v) is 8.89. The number of rotatable bonds is 2. The third kappa shape index (κ3) is 1.78. The monoisotopic (exact) mass is 235 g/mol. The predicted octanol–water partition coefficient (Wildman–Crippen LogP) is 1.43. The van der Waals surface area contributed by atoms with Gasteiger partial charge in [0.25, 0.3) is 5.69 Å². The molecule has 1 aromatic heterocycles. The van der Waals surface area contributed by atoms with E-state index in [0.717, 1.165) is 5.56 Å². The van der Waals surface area contributed by atoms with Crippen molar-refractivity contribution in [3.8, 4) is 11.1 Å². The van der Waals surface area contributed by atoms with Crippen LogP contribution in [0.25, 0.3) is 11.1 Å². The van der Waals surface area contributed by atoms with Gasteiger partial charge in [0.1, 0.15) is 11.4 Å². The van der Waals surface area contributed by atoms with E-state index in [9.17, 15) is 14.9 Å². The van der Waals surface area contributed by atoms with Gasteiger partial charge in [-0.3, -0.25) is 10.1 Å². The lowest BCUT2D eigenvalue weighted by Gasteiger charge is -2.01. The number of hydrogen-bond donors (Lipinski definition) is 2. The standard InChI is InChI=1S/C10H9N3O4/c1-5-2-3-6(7(4-5)13(15)16)8-9(11)12-17-10(8)14/h2-4,12H,11H2,1H3. The van der Waals surface area contributed by atoms with Gasteiger partial charge < -0.3 is 10.3 Å². The van der Waals surface area contributed by atoms with Crippen molar-refractivity contribution in [2.24, 2.45) is 0 Å². The first-order valence-corrected chi connectivity index (χ1v) is 4.73. The van der Waals surface area contributed by atoms with Crippen molar-refractivity contribution in [3.63, 3.8) is 0 Å². The number of benzene rings is 1. The lowest BCUT2D eigenvalue weighted by molar-refractivity contribution is -0.384. The van der Waals surface area contributed by atoms with Crippen LogP contribution in [-0.2, 0) is 0 Å². The fourth-order valence-corrected chi connectivity index (χ4v) is 1.57. The van der Waals surface area contributed by atoms with Crippen LogP contribution in [0.4, 0.5) is 11.5 Å². The largest absolute Gasteiger partial charge is 0.382 e. The quantitative estimate of drug-likeness (QED) is 0.603. The number of nitrogen functional groups attached to an aromatic ring is 1. The normalized spacial score (nSPS) is 10.4. The Kier molecular flexibility index (Phi) is 2.43. The summed E-state index contributed by atoms with van der Waals surface area (Å²) in [6.45, 7) is 1.72. The van der Waals surface area contributed by atoms with Crippen LogP contribution < -0.4 is 11.4 Å². The third-order valence-corrected chi connectivity index (χ3v) is 2.35. The number of aromatic amines is 1. The second-order valence-corrected chi connectivity index (χ2v) is 3.56. The van der Waals surface area contributed by atoms with Crippen LogP contribution in [0, 0.1) is 17.0 Å². The molecular formula is C10H9N3O4. The molecule has 17 heavy (non-hydrogen) atoms. The number of nitrogens with two attached hydrogens (primary N) is 1. The Hall–Kier alpha value is -2.57. The molecule has 0 bridgehead atoms. The minimum Gasteiger partial charge on any atom is -0.382 e. The summed E-state index contributed by atoms with van der Waals surface area (Å²) in [6, 6.07) is 4.51. The van der Waals surface area contributed by atoms with Gasteiger partial charge in [-0.15, -0.1) is 0 Å². The number of nitro benzene ring substituents is 1. The van der Waals surface area contributed by atoms with Crippen molar-refractivity contribution in [1.82, 2.24) is 5.16 Å². The van der Waals surface area contributed by atoms with E-state index in [1.165, 1.54) is 12.1 Å². The second kappa shape index (κ2) is 3.78. The zero-order chi connectivity index (χ0) is 12.6. The summed E-state index contributed by atoms with van der Waals surface area (Å²) in [6.07, 6.45) is 0. The van der Waals surface area contributed by atoms with E-state index in [0.29, 0.717) is 0 Å². The van der Waals surface area contributed by atoms with Crippen LogP contribution >= 0.6 is 0 Å². The van der Waals surface area contributed by atoms with Crippen LogP contribution in [-0.4, -0.2) is 10.1 Å². The van der Waals surface area contributed by atoms with Crippen LogP contribution in [0.2, 0.25) is 0 Å². The highest BCUT2D eigenvalue weighted by Crippen LogP contribution is 2.31. The topological polar surface area (TPSA) is 115 Å². The average Bonchev–Trinajstić information content (AvgIpc) is 2.59. The molecule has 0 spiro atoms. The highest BCUT2D eigenvalue weighted by Gasteiger charge is 2.22. The number of nitro groups is 1. The number of hydrogen-bond acceptors (Lipinski definition) is 5. The Morgan fingerprint density at radius 2 is 2.18 bits per heavy atom. The maximum Gasteiger partial charge on any atom is 0.367 e. The summed E-state index contributed by atoms with van der Waals surface area (Å²) in [5, 5.41) is 13.1. The molecule has 0 aliphatic heterocycles. The van der Waals surface area contributed by atoms with E-state index in [-0.39, 0.29) is 22.6 Å². The Morgan fingerprint density at radius 1 is 1.47 bits per heavy atom. The number of H-pyrrole nitrogens is 1. The maximum atomic E-state index is 11.4. The Morgan fingerprint density at radius 3 is 2.71 bits per heavy atom. The SMILES string of the molecule is Cc1ccc(-c2c(N)[nH]oc2=O)c([N+](=O)[O-])c1. The van der Waals surface area contributed by atoms with Crippen molar-refractivity contribution >= 4 is 11.5 Å². The molecule has 3 N–H and O–H groups in total. The molecule has 0 saturated heterocycles. The first-order chi connectivity index (χ1) is 8.00. The maximum absolute atomic E-state index is 11.4. The van der Waals surface area contributed by atoms with Gasteiger partial charge in [-0.05, 0) is 18.6 Å². The van der Waals surface area contributed by atoms with E-state index in [1.807, 2.05) is 0 Å². The van der Waals surface area contributed by atoms with Crippen molar-refractivity contribution in [1.29, 1.82) is 0 Å². The first-order valence-electron chi connectivity index (χ1n) is 4.73. The number of aryl methyl sites for hydroxylation is 1. The van der Waals surface area contributed by atoms with Gasteiger partial charge in [0.15, 0.2) is 0 Å². The fourth-order valence-electron chi connectivity index (χ4n) is 1.57. The van der Waals surface area contributed by atoms with Crippen LogP contribution in [0.5, 0.6) is 0 Å². The van der Waals surface area contributed by atoms with E-state index >= 15 is 0 Å². The molecule has 7 nitrogen and oxygen atoms in total. The molecule has 0 fully saturated rings. The summed E-state index contributed by atoms with van der Waals surface area (Å²) in [5.74, 6) is -0.0260. The molecule has 0 radical (unpaired) electrons. The minimum atomic E-state index is -0.727. The average molecular weight is 235 g/mol. The van der Waals surface area contributed by atoms with Crippen molar-refractivity contribution in [2.75, 3.05) is 5.73 Å². The summed E-state index contributed by atoms with van der Waals surface area (Å²) >= 11 is 0. The molecule has 1 aromatic carbocycles.